The van der Waals surface area contributed by atoms with Crippen LogP contribution < -0.4 is 15.8 Å². The van der Waals surface area contributed by atoms with Crippen molar-refractivity contribution in [3.8, 4) is 6.07 Å². The van der Waals surface area contributed by atoms with Crippen molar-refractivity contribution in [3.05, 3.63) is 81.3 Å². The molecule has 1 N–H and O–H groups in total. The first-order chi connectivity index (χ1) is 18.0. The van der Waals surface area contributed by atoms with Crippen molar-refractivity contribution < 1.29 is 9.53 Å². The van der Waals surface area contributed by atoms with Gasteiger partial charge in [0.1, 0.15) is 23.1 Å². The first-order valence-corrected chi connectivity index (χ1v) is 12.4. The molecule has 0 aliphatic carbocycles. The number of nitrogens with one attached hydrogen (secondary N) is 1. The molecule has 3 heterocycles. The highest BCUT2D eigenvalue weighted by atomic mass is 16.5. The van der Waals surface area contributed by atoms with Crippen LogP contribution in [0, 0.1) is 18.3 Å². The van der Waals surface area contributed by atoms with Gasteiger partial charge in [0.2, 0.25) is 0 Å². The number of piperazine rings is 1. The van der Waals surface area contributed by atoms with E-state index in [1.54, 1.807) is 19.4 Å². The summed E-state index contributed by atoms with van der Waals surface area (Å²) in [6, 6.07) is 16.0. The van der Waals surface area contributed by atoms with Gasteiger partial charge in [0.15, 0.2) is 0 Å². The van der Waals surface area contributed by atoms with Crippen LogP contribution in [0.25, 0.3) is 11.7 Å². The predicted octanol–water partition coefficient (Wildman–Crippen LogP) is 2.38. The van der Waals surface area contributed by atoms with E-state index in [0.717, 1.165) is 25.2 Å². The second kappa shape index (κ2) is 12.3. The van der Waals surface area contributed by atoms with E-state index in [2.05, 4.69) is 27.2 Å². The highest BCUT2D eigenvalue weighted by molar-refractivity contribution is 6.02. The quantitative estimate of drug-likeness (QED) is 0.273. The number of benzene rings is 1. The number of ether oxygens (including phenoxy) is 1. The van der Waals surface area contributed by atoms with Crippen LogP contribution in [0.15, 0.2) is 59.0 Å². The fourth-order valence-corrected chi connectivity index (χ4v) is 4.43. The van der Waals surface area contributed by atoms with E-state index in [4.69, 9.17) is 9.72 Å². The topological polar surface area (TPSA) is 103 Å². The number of carbonyl (C=O) groups excluding carboxylic acids is 1. The third-order valence-electron chi connectivity index (χ3n) is 6.45. The highest BCUT2D eigenvalue weighted by Gasteiger charge is 2.24. The third-order valence-corrected chi connectivity index (χ3v) is 6.45. The molecule has 192 valence electrons. The lowest BCUT2D eigenvalue weighted by atomic mass is 10.1. The summed E-state index contributed by atoms with van der Waals surface area (Å²) in [7, 11) is 1.59. The minimum atomic E-state index is -0.522. The summed E-state index contributed by atoms with van der Waals surface area (Å²) in [4.78, 5) is 35.6. The van der Waals surface area contributed by atoms with Gasteiger partial charge in [-0.2, -0.15) is 5.26 Å². The predicted molar refractivity (Wildman–Crippen MR) is 143 cm³/mol. The molecule has 0 unspecified atom stereocenters. The lowest BCUT2D eigenvalue weighted by Crippen LogP contribution is -2.47. The zero-order chi connectivity index (χ0) is 26.2. The first kappa shape index (κ1) is 26.1. The highest BCUT2D eigenvalue weighted by Crippen LogP contribution is 2.22. The van der Waals surface area contributed by atoms with Crippen LogP contribution in [0.3, 0.4) is 0 Å². The summed E-state index contributed by atoms with van der Waals surface area (Å²) in [5.41, 5.74) is 2.49. The largest absolute Gasteiger partial charge is 0.385 e. The van der Waals surface area contributed by atoms with Crippen molar-refractivity contribution >= 4 is 23.4 Å². The number of anilines is 1. The van der Waals surface area contributed by atoms with Gasteiger partial charge in [-0.15, -0.1) is 0 Å². The first-order valence-electron chi connectivity index (χ1n) is 12.4. The summed E-state index contributed by atoms with van der Waals surface area (Å²) in [6.07, 6.45) is 3.66. The summed E-state index contributed by atoms with van der Waals surface area (Å²) in [5, 5.41) is 12.5. The van der Waals surface area contributed by atoms with E-state index >= 15 is 0 Å². The maximum Gasteiger partial charge on any atom is 0.267 e. The molecule has 0 atom stereocenters. The number of rotatable bonds is 9. The summed E-state index contributed by atoms with van der Waals surface area (Å²) < 4.78 is 6.48. The summed E-state index contributed by atoms with van der Waals surface area (Å²) in [6.45, 7) is 6.59. The number of hydrogen-bond donors (Lipinski definition) is 1. The van der Waals surface area contributed by atoms with Crippen LogP contribution >= 0.6 is 0 Å². The van der Waals surface area contributed by atoms with Crippen LogP contribution in [-0.4, -0.2) is 66.6 Å². The van der Waals surface area contributed by atoms with Crippen molar-refractivity contribution in [2.45, 2.75) is 19.9 Å². The monoisotopic (exact) mass is 500 g/mol. The Morgan fingerprint density at radius 1 is 1.16 bits per heavy atom. The van der Waals surface area contributed by atoms with Crippen LogP contribution in [0.1, 0.15) is 23.1 Å². The molecule has 0 bridgehead atoms. The standard InChI is InChI=1S/C28H32N6O3/c1-21-8-6-12-34-25(21)31-26(33-15-13-32(14-16-33)20-22-9-4-3-5-10-22)24(28(34)36)18-23(19-29)27(35)30-11-7-17-37-2/h3-6,8-10,12,18H,7,11,13-17,20H2,1-2H3,(H,30,35). The maximum atomic E-state index is 13.6. The summed E-state index contributed by atoms with van der Waals surface area (Å²) in [5.74, 6) is -0.0235. The number of fused-ring (bicyclic) bond motifs is 1. The molecule has 3 aromatic rings. The number of carbonyl (C=O) groups is 1. The minimum Gasteiger partial charge on any atom is -0.385 e. The number of amides is 1. The molecule has 1 aliphatic rings. The van der Waals surface area contributed by atoms with E-state index in [1.165, 1.54) is 16.0 Å². The number of pyridine rings is 1. The molecule has 0 radical (unpaired) electrons. The van der Waals surface area contributed by atoms with E-state index in [1.807, 2.05) is 37.3 Å². The molecule has 37 heavy (non-hydrogen) atoms. The number of nitriles is 1. The van der Waals surface area contributed by atoms with E-state index in [9.17, 15) is 14.9 Å². The van der Waals surface area contributed by atoms with Crippen LogP contribution in [0.4, 0.5) is 5.82 Å². The number of aromatic nitrogens is 2. The molecular formula is C28H32N6O3. The van der Waals surface area contributed by atoms with Crippen molar-refractivity contribution in [3.63, 3.8) is 0 Å². The van der Waals surface area contributed by atoms with Gasteiger partial charge in [-0.25, -0.2) is 4.98 Å². The third kappa shape index (κ3) is 6.23. The Balaban J connectivity index is 1.64. The molecule has 1 fully saturated rings. The molecule has 0 saturated carbocycles. The number of hydrogen-bond acceptors (Lipinski definition) is 7. The van der Waals surface area contributed by atoms with Gasteiger partial charge in [0.05, 0.1) is 5.56 Å². The number of aryl methyl sites for hydroxylation is 1. The Morgan fingerprint density at radius 3 is 2.62 bits per heavy atom. The SMILES string of the molecule is COCCCNC(=O)C(C#N)=Cc1c(N2CCN(Cc3ccccc3)CC2)nc2c(C)cccn2c1=O. The second-order valence-electron chi connectivity index (χ2n) is 9.06. The van der Waals surface area contributed by atoms with Crippen LogP contribution in [0.2, 0.25) is 0 Å². The Bertz CT molecular complexity index is 1370. The van der Waals surface area contributed by atoms with Gasteiger partial charge < -0.3 is 15.0 Å². The molecule has 9 nitrogen and oxygen atoms in total. The van der Waals surface area contributed by atoms with Gasteiger partial charge in [-0.3, -0.25) is 18.9 Å². The Labute approximate surface area is 216 Å². The minimum absolute atomic E-state index is 0.132. The normalized spacial score (nSPS) is 14.5. The molecular weight excluding hydrogens is 468 g/mol. The Morgan fingerprint density at radius 2 is 1.92 bits per heavy atom. The van der Waals surface area contributed by atoms with Gasteiger partial charge in [0, 0.05) is 59.2 Å². The number of methoxy groups -OCH3 is 1. The fraction of sp³-hybridized carbons (Fsp3) is 0.357. The van der Waals surface area contributed by atoms with Crippen molar-refractivity contribution in [2.24, 2.45) is 0 Å². The van der Waals surface area contributed by atoms with Gasteiger partial charge in [-0.1, -0.05) is 36.4 Å². The maximum absolute atomic E-state index is 13.6. The second-order valence-corrected chi connectivity index (χ2v) is 9.06. The zero-order valence-corrected chi connectivity index (χ0v) is 21.3. The molecule has 1 amide bonds. The van der Waals surface area contributed by atoms with Crippen molar-refractivity contribution in [1.82, 2.24) is 19.6 Å². The van der Waals surface area contributed by atoms with E-state index in [0.29, 0.717) is 44.1 Å². The lowest BCUT2D eigenvalue weighted by Gasteiger charge is -2.36. The Hall–Kier alpha value is -4.00. The lowest BCUT2D eigenvalue weighted by molar-refractivity contribution is -0.117. The average Bonchev–Trinajstić information content (AvgIpc) is 2.92. The fourth-order valence-electron chi connectivity index (χ4n) is 4.43. The molecule has 4 rings (SSSR count). The summed E-state index contributed by atoms with van der Waals surface area (Å²) >= 11 is 0. The van der Waals surface area contributed by atoms with E-state index < -0.39 is 5.91 Å². The molecule has 2 aromatic heterocycles. The molecule has 1 aliphatic heterocycles. The van der Waals surface area contributed by atoms with Crippen molar-refractivity contribution in [2.75, 3.05) is 51.3 Å². The van der Waals surface area contributed by atoms with Crippen LogP contribution in [0.5, 0.6) is 0 Å². The average molecular weight is 501 g/mol. The van der Waals surface area contributed by atoms with Crippen molar-refractivity contribution in [1.29, 1.82) is 5.26 Å². The van der Waals surface area contributed by atoms with Gasteiger partial charge >= 0.3 is 0 Å². The van der Waals surface area contributed by atoms with E-state index in [-0.39, 0.29) is 16.7 Å². The molecule has 1 aromatic carbocycles. The molecule has 0 spiro atoms. The Kier molecular flexibility index (Phi) is 8.67. The van der Waals surface area contributed by atoms with Gasteiger partial charge in [-0.05, 0) is 36.6 Å². The number of nitrogens with zero attached hydrogens (tertiary/aromatic N) is 5. The molecule has 1 saturated heterocycles. The molecule has 9 heteroatoms. The van der Waals surface area contributed by atoms with Gasteiger partial charge in [0.25, 0.3) is 11.5 Å². The van der Waals surface area contributed by atoms with Crippen LogP contribution in [-0.2, 0) is 16.1 Å². The zero-order valence-electron chi connectivity index (χ0n) is 21.3. The smallest absolute Gasteiger partial charge is 0.267 e.